The average molecular weight is 462 g/mol. The summed E-state index contributed by atoms with van der Waals surface area (Å²) in [6.45, 7) is 5.66. The number of ether oxygens (including phenoxy) is 2. The number of rotatable bonds is 6. The Hall–Kier alpha value is -3.34. The van der Waals surface area contributed by atoms with Gasteiger partial charge in [0.05, 0.1) is 13.2 Å². The highest BCUT2D eigenvalue weighted by Crippen LogP contribution is 2.40. The Kier molecular flexibility index (Phi) is 5.91. The van der Waals surface area contributed by atoms with Crippen molar-refractivity contribution in [3.05, 3.63) is 28.6 Å². The number of nitrogens with one attached hydrogen (secondary N) is 1. The summed E-state index contributed by atoms with van der Waals surface area (Å²) >= 11 is 0. The van der Waals surface area contributed by atoms with Crippen molar-refractivity contribution in [2.24, 2.45) is 0 Å². The maximum absolute atomic E-state index is 15.7. The summed E-state index contributed by atoms with van der Waals surface area (Å²) in [4.78, 5) is 12.3. The monoisotopic (exact) mass is 462 g/mol. The zero-order valence-electron chi connectivity index (χ0n) is 18.7. The number of anilines is 2. The van der Waals surface area contributed by atoms with Crippen molar-refractivity contribution in [2.75, 3.05) is 25.1 Å². The largest absolute Gasteiger partial charge is 0.474 e. The highest BCUT2D eigenvalue weighted by atomic mass is 19.1. The number of fused-ring (bicyclic) bond motifs is 1. The minimum Gasteiger partial charge on any atom is -0.474 e. The highest BCUT2D eigenvalue weighted by molar-refractivity contribution is 5.96. The zero-order chi connectivity index (χ0) is 24.0. The molecule has 0 amide bonds. The Bertz CT molecular complexity index is 1220. The Morgan fingerprint density at radius 2 is 1.76 bits per heavy atom. The molecule has 1 fully saturated rings. The van der Waals surface area contributed by atoms with Crippen LogP contribution in [0.25, 0.3) is 22.2 Å². The molecule has 3 aromatic rings. The topological polar surface area (TPSA) is 121 Å². The van der Waals surface area contributed by atoms with Crippen molar-refractivity contribution in [1.82, 2.24) is 20.3 Å². The molecule has 0 spiro atoms. The molecule has 11 heteroatoms. The second-order valence-corrected chi connectivity index (χ2v) is 8.17. The second kappa shape index (κ2) is 8.54. The van der Waals surface area contributed by atoms with Crippen LogP contribution in [0.2, 0.25) is 0 Å². The smallest absolute Gasteiger partial charge is 0.318 e. The summed E-state index contributed by atoms with van der Waals surface area (Å²) in [5, 5.41) is 3.32. The minimum atomic E-state index is -1.12. The molecule has 0 radical (unpaired) electrons. The SMILES string of the molecule is COc1nc(N)c2c(OC(C)CC3CCN3)nc(-c3c(C)c(C)c(F)c(N)c3F)c(F)c2n1. The number of nitrogens with zero attached hydrogens (tertiary/aromatic N) is 3. The van der Waals surface area contributed by atoms with E-state index in [9.17, 15) is 4.39 Å². The van der Waals surface area contributed by atoms with Crippen LogP contribution in [0.5, 0.6) is 11.9 Å². The number of pyridine rings is 1. The van der Waals surface area contributed by atoms with E-state index >= 15 is 8.78 Å². The molecule has 0 aliphatic carbocycles. The number of benzene rings is 1. The van der Waals surface area contributed by atoms with E-state index in [0.717, 1.165) is 13.0 Å². The normalized spacial score (nSPS) is 16.5. The molecule has 2 aromatic heterocycles. The van der Waals surface area contributed by atoms with E-state index in [1.165, 1.54) is 21.0 Å². The fourth-order valence-electron chi connectivity index (χ4n) is 3.91. The van der Waals surface area contributed by atoms with Gasteiger partial charge in [-0.15, -0.1) is 0 Å². The van der Waals surface area contributed by atoms with Gasteiger partial charge in [-0.1, -0.05) is 0 Å². The molecule has 0 saturated carbocycles. The number of halogens is 3. The van der Waals surface area contributed by atoms with Crippen molar-refractivity contribution in [1.29, 1.82) is 0 Å². The Balaban J connectivity index is 1.97. The first-order chi connectivity index (χ1) is 15.6. The van der Waals surface area contributed by atoms with Gasteiger partial charge in [0.1, 0.15) is 28.1 Å². The summed E-state index contributed by atoms with van der Waals surface area (Å²) in [6, 6.07) is 0.111. The number of aromatic nitrogens is 3. The molecular formula is C22H25F3N6O2. The van der Waals surface area contributed by atoms with Gasteiger partial charge in [-0.2, -0.15) is 9.97 Å². The van der Waals surface area contributed by atoms with E-state index in [-0.39, 0.29) is 51.4 Å². The molecule has 1 aliphatic rings. The van der Waals surface area contributed by atoms with Gasteiger partial charge in [0.15, 0.2) is 17.5 Å². The standard InChI is InChI=1S/C22H25F3N6O2/c1-8(7-11-5-6-28-11)33-21-13-19(30-22(32-4)31-20(13)27)16(25)18(29-21)12-9(2)10(3)14(23)17(26)15(12)24/h8,11,28H,5-7,26H2,1-4H3,(H2,27,30,31). The van der Waals surface area contributed by atoms with Crippen molar-refractivity contribution in [3.8, 4) is 23.1 Å². The van der Waals surface area contributed by atoms with E-state index in [1.807, 2.05) is 6.92 Å². The van der Waals surface area contributed by atoms with Gasteiger partial charge in [-0.25, -0.2) is 18.2 Å². The van der Waals surface area contributed by atoms with Gasteiger partial charge in [-0.05, 0) is 51.3 Å². The molecule has 8 nitrogen and oxygen atoms in total. The van der Waals surface area contributed by atoms with Crippen LogP contribution in [0.4, 0.5) is 24.7 Å². The highest BCUT2D eigenvalue weighted by Gasteiger charge is 2.29. The van der Waals surface area contributed by atoms with E-state index in [4.69, 9.17) is 20.9 Å². The molecule has 4 rings (SSSR count). The van der Waals surface area contributed by atoms with Crippen LogP contribution in [0.15, 0.2) is 0 Å². The van der Waals surface area contributed by atoms with Crippen LogP contribution in [-0.4, -0.2) is 40.8 Å². The molecule has 1 saturated heterocycles. The molecule has 1 aromatic carbocycles. The minimum absolute atomic E-state index is 0.0373. The molecular weight excluding hydrogens is 437 g/mol. The van der Waals surface area contributed by atoms with Gasteiger partial charge in [0.25, 0.3) is 0 Å². The number of methoxy groups -OCH3 is 1. The van der Waals surface area contributed by atoms with Crippen LogP contribution < -0.4 is 26.3 Å². The lowest BCUT2D eigenvalue weighted by atomic mass is 9.97. The first-order valence-corrected chi connectivity index (χ1v) is 10.5. The van der Waals surface area contributed by atoms with Gasteiger partial charge in [0, 0.05) is 11.6 Å². The third-order valence-corrected chi connectivity index (χ3v) is 5.99. The molecule has 3 heterocycles. The Morgan fingerprint density at radius 3 is 2.36 bits per heavy atom. The number of nitrogen functional groups attached to an aromatic ring is 2. The van der Waals surface area contributed by atoms with Gasteiger partial charge in [-0.3, -0.25) is 0 Å². The fraction of sp³-hybridized carbons (Fsp3) is 0.409. The fourth-order valence-corrected chi connectivity index (χ4v) is 3.91. The predicted molar refractivity (Wildman–Crippen MR) is 119 cm³/mol. The van der Waals surface area contributed by atoms with Crippen molar-refractivity contribution < 1.29 is 22.6 Å². The van der Waals surface area contributed by atoms with Crippen molar-refractivity contribution in [3.63, 3.8) is 0 Å². The lowest BCUT2D eigenvalue weighted by Crippen LogP contribution is -2.45. The summed E-state index contributed by atoms with van der Waals surface area (Å²) in [5.74, 6) is -3.17. The quantitative estimate of drug-likeness (QED) is 0.477. The molecule has 0 bridgehead atoms. The molecule has 33 heavy (non-hydrogen) atoms. The molecule has 5 N–H and O–H groups in total. The Labute approximate surface area is 188 Å². The predicted octanol–water partition coefficient (Wildman–Crippen LogP) is 3.42. The zero-order valence-corrected chi connectivity index (χ0v) is 18.7. The van der Waals surface area contributed by atoms with Crippen molar-refractivity contribution in [2.45, 2.75) is 45.8 Å². The summed E-state index contributed by atoms with van der Waals surface area (Å²) in [5.41, 5.74) is 10.2. The average Bonchev–Trinajstić information content (AvgIpc) is 2.76. The lowest BCUT2D eigenvalue weighted by molar-refractivity contribution is 0.170. The maximum atomic E-state index is 15.7. The third kappa shape index (κ3) is 3.86. The van der Waals surface area contributed by atoms with E-state index in [0.29, 0.717) is 12.5 Å². The van der Waals surface area contributed by atoms with Crippen LogP contribution >= 0.6 is 0 Å². The van der Waals surface area contributed by atoms with Crippen LogP contribution in [0.3, 0.4) is 0 Å². The third-order valence-electron chi connectivity index (χ3n) is 5.99. The number of hydrogen-bond donors (Lipinski definition) is 3. The van der Waals surface area contributed by atoms with E-state index in [1.54, 1.807) is 0 Å². The first kappa shape index (κ1) is 22.8. The van der Waals surface area contributed by atoms with Gasteiger partial charge >= 0.3 is 6.01 Å². The second-order valence-electron chi connectivity index (χ2n) is 8.17. The summed E-state index contributed by atoms with van der Waals surface area (Å²) in [6.07, 6.45) is 1.35. The van der Waals surface area contributed by atoms with Crippen molar-refractivity contribution >= 4 is 22.4 Å². The molecule has 176 valence electrons. The number of nitrogens with two attached hydrogens (primary N) is 2. The molecule has 2 unspecified atom stereocenters. The van der Waals surface area contributed by atoms with Crippen LogP contribution in [0, 0.1) is 31.3 Å². The lowest BCUT2D eigenvalue weighted by Gasteiger charge is -2.30. The van der Waals surface area contributed by atoms with E-state index < -0.39 is 28.8 Å². The van der Waals surface area contributed by atoms with Crippen LogP contribution in [0.1, 0.15) is 30.9 Å². The van der Waals surface area contributed by atoms with Crippen LogP contribution in [-0.2, 0) is 0 Å². The molecule has 2 atom stereocenters. The Morgan fingerprint density at radius 1 is 1.06 bits per heavy atom. The van der Waals surface area contributed by atoms with Gasteiger partial charge in [0.2, 0.25) is 5.88 Å². The summed E-state index contributed by atoms with van der Waals surface area (Å²) < 4.78 is 56.2. The summed E-state index contributed by atoms with van der Waals surface area (Å²) in [7, 11) is 1.31. The van der Waals surface area contributed by atoms with E-state index in [2.05, 4.69) is 20.3 Å². The molecule has 1 aliphatic heterocycles. The maximum Gasteiger partial charge on any atom is 0.318 e. The number of hydrogen-bond acceptors (Lipinski definition) is 8. The first-order valence-electron chi connectivity index (χ1n) is 10.5. The van der Waals surface area contributed by atoms with Gasteiger partial charge < -0.3 is 26.3 Å².